The summed E-state index contributed by atoms with van der Waals surface area (Å²) >= 11 is 0. The summed E-state index contributed by atoms with van der Waals surface area (Å²) in [6.45, 7) is 0. The molecule has 0 spiro atoms. The number of benzene rings is 3. The van der Waals surface area contributed by atoms with E-state index in [9.17, 15) is 0 Å². The Hall–Kier alpha value is -3.13. The molecule has 0 fully saturated rings. The van der Waals surface area contributed by atoms with Crippen molar-refractivity contribution in [3.63, 3.8) is 0 Å². The van der Waals surface area contributed by atoms with Gasteiger partial charge in [-0.05, 0) is 36.4 Å². The molecule has 2 heteroatoms. The summed E-state index contributed by atoms with van der Waals surface area (Å²) in [6, 6.07) is 31.1. The topological polar surface area (TPSA) is 16.1 Å². The van der Waals surface area contributed by atoms with E-state index in [2.05, 4.69) is 70.5 Å². The Bertz CT molecular complexity index is 878. The first-order valence-electron chi connectivity index (χ1n) is 7.67. The predicted octanol–water partition coefficient (Wildman–Crippen LogP) is 5.70. The molecule has 23 heavy (non-hydrogen) atoms. The molecule has 2 nitrogen and oxygen atoms in total. The average Bonchev–Trinajstić information content (AvgIpc) is 2.64. The lowest BCUT2D eigenvalue weighted by atomic mass is 10.1. The standard InChI is InChI=1S/C21H16N2/c1-3-10-18(11-4-1)23(19-12-5-2-6-13-19)20-15-17-9-7-8-14-21(17)22-16-20/h1-16H. The number of pyridine rings is 1. The number of nitrogens with zero attached hydrogens (tertiary/aromatic N) is 2. The van der Waals surface area contributed by atoms with Crippen LogP contribution in [0, 0.1) is 0 Å². The fraction of sp³-hybridized carbons (Fsp3) is 0. The average molecular weight is 296 g/mol. The lowest BCUT2D eigenvalue weighted by Crippen LogP contribution is -2.09. The second-order valence-electron chi connectivity index (χ2n) is 5.39. The van der Waals surface area contributed by atoms with Crippen molar-refractivity contribution in [2.45, 2.75) is 0 Å². The molecule has 1 heterocycles. The highest BCUT2D eigenvalue weighted by molar-refractivity contribution is 5.85. The van der Waals surface area contributed by atoms with Crippen molar-refractivity contribution in [2.75, 3.05) is 4.90 Å². The van der Waals surface area contributed by atoms with Crippen molar-refractivity contribution in [2.24, 2.45) is 0 Å². The zero-order chi connectivity index (χ0) is 15.5. The smallest absolute Gasteiger partial charge is 0.0703 e. The first-order valence-corrected chi connectivity index (χ1v) is 7.67. The fourth-order valence-corrected chi connectivity index (χ4v) is 2.78. The molecule has 0 saturated carbocycles. The van der Waals surface area contributed by atoms with Crippen molar-refractivity contribution in [3.8, 4) is 0 Å². The minimum Gasteiger partial charge on any atom is -0.309 e. The van der Waals surface area contributed by atoms with Crippen LogP contribution < -0.4 is 4.90 Å². The normalized spacial score (nSPS) is 10.6. The van der Waals surface area contributed by atoms with E-state index < -0.39 is 0 Å². The van der Waals surface area contributed by atoms with Gasteiger partial charge in [-0.15, -0.1) is 0 Å². The van der Waals surface area contributed by atoms with Gasteiger partial charge in [0.2, 0.25) is 0 Å². The van der Waals surface area contributed by atoms with Gasteiger partial charge in [-0.1, -0.05) is 54.6 Å². The van der Waals surface area contributed by atoms with E-state index in [0.29, 0.717) is 0 Å². The quantitative estimate of drug-likeness (QED) is 0.482. The second-order valence-corrected chi connectivity index (χ2v) is 5.39. The van der Waals surface area contributed by atoms with Crippen LogP contribution in [0.3, 0.4) is 0 Å². The molecular weight excluding hydrogens is 280 g/mol. The molecule has 3 aromatic carbocycles. The number of rotatable bonds is 3. The highest BCUT2D eigenvalue weighted by atomic mass is 15.1. The third-order valence-electron chi connectivity index (χ3n) is 3.86. The molecule has 0 N–H and O–H groups in total. The minimum absolute atomic E-state index is 1.01. The lowest BCUT2D eigenvalue weighted by molar-refractivity contribution is 1.25. The van der Waals surface area contributed by atoms with Gasteiger partial charge >= 0.3 is 0 Å². The molecule has 0 aliphatic heterocycles. The van der Waals surface area contributed by atoms with Crippen LogP contribution in [0.1, 0.15) is 0 Å². The van der Waals surface area contributed by atoms with Crippen LogP contribution in [0.15, 0.2) is 97.2 Å². The molecule has 4 rings (SSSR count). The Morgan fingerprint density at radius 3 is 1.78 bits per heavy atom. The second kappa shape index (κ2) is 5.93. The molecule has 0 saturated heterocycles. The third-order valence-corrected chi connectivity index (χ3v) is 3.86. The third kappa shape index (κ3) is 2.67. The zero-order valence-corrected chi connectivity index (χ0v) is 12.6. The molecule has 1 aromatic heterocycles. The summed E-state index contributed by atoms with van der Waals surface area (Å²) < 4.78 is 0. The fourth-order valence-electron chi connectivity index (χ4n) is 2.78. The maximum atomic E-state index is 4.61. The van der Waals surface area contributed by atoms with Crippen molar-refractivity contribution in [1.29, 1.82) is 0 Å². The van der Waals surface area contributed by atoms with Crippen molar-refractivity contribution < 1.29 is 0 Å². The van der Waals surface area contributed by atoms with Crippen molar-refractivity contribution in [3.05, 3.63) is 97.2 Å². The van der Waals surface area contributed by atoms with Gasteiger partial charge in [0.05, 0.1) is 17.4 Å². The molecule has 0 amide bonds. The van der Waals surface area contributed by atoms with Gasteiger partial charge in [0, 0.05) is 16.8 Å². The van der Waals surface area contributed by atoms with E-state index in [1.54, 1.807) is 0 Å². The van der Waals surface area contributed by atoms with E-state index in [1.165, 1.54) is 0 Å². The Balaban J connectivity index is 1.90. The summed E-state index contributed by atoms with van der Waals surface area (Å²) in [4.78, 5) is 6.83. The first-order chi connectivity index (χ1) is 11.4. The number of anilines is 3. The van der Waals surface area contributed by atoms with Crippen LogP contribution in [0.5, 0.6) is 0 Å². The van der Waals surface area contributed by atoms with Crippen LogP contribution in [-0.4, -0.2) is 4.98 Å². The minimum atomic E-state index is 1.01. The van der Waals surface area contributed by atoms with Crippen molar-refractivity contribution in [1.82, 2.24) is 4.98 Å². The summed E-state index contributed by atoms with van der Waals surface area (Å²) in [5.41, 5.74) is 4.31. The van der Waals surface area contributed by atoms with Crippen LogP contribution >= 0.6 is 0 Å². The molecule has 0 atom stereocenters. The van der Waals surface area contributed by atoms with Crippen molar-refractivity contribution >= 4 is 28.0 Å². The summed E-state index contributed by atoms with van der Waals surface area (Å²) in [5.74, 6) is 0. The number of hydrogen-bond donors (Lipinski definition) is 0. The molecule has 0 radical (unpaired) electrons. The van der Waals surface area contributed by atoms with Gasteiger partial charge in [-0.3, -0.25) is 4.98 Å². The maximum absolute atomic E-state index is 4.61. The van der Waals surface area contributed by atoms with E-state index in [0.717, 1.165) is 28.0 Å². The molecule has 0 bridgehead atoms. The summed E-state index contributed by atoms with van der Waals surface area (Å²) in [6.07, 6.45) is 1.93. The number of hydrogen-bond acceptors (Lipinski definition) is 2. The highest BCUT2D eigenvalue weighted by Gasteiger charge is 2.12. The number of aromatic nitrogens is 1. The van der Waals surface area contributed by atoms with Crippen LogP contribution in [0.2, 0.25) is 0 Å². The number of fused-ring (bicyclic) bond motifs is 1. The molecule has 110 valence electrons. The maximum Gasteiger partial charge on any atom is 0.0703 e. The zero-order valence-electron chi connectivity index (χ0n) is 12.6. The van der Waals surface area contributed by atoms with E-state index in [4.69, 9.17) is 0 Å². The summed E-state index contributed by atoms with van der Waals surface area (Å²) in [7, 11) is 0. The Morgan fingerprint density at radius 2 is 1.13 bits per heavy atom. The highest BCUT2D eigenvalue weighted by Crippen LogP contribution is 2.34. The van der Waals surface area contributed by atoms with Gasteiger partial charge in [0.25, 0.3) is 0 Å². The molecular formula is C21H16N2. The van der Waals surface area contributed by atoms with E-state index >= 15 is 0 Å². The van der Waals surface area contributed by atoms with Gasteiger partial charge in [-0.25, -0.2) is 0 Å². The predicted molar refractivity (Wildman–Crippen MR) is 96.4 cm³/mol. The Morgan fingerprint density at radius 1 is 0.565 bits per heavy atom. The molecule has 0 unspecified atom stereocenters. The Labute approximate surface area is 135 Å². The lowest BCUT2D eigenvalue weighted by Gasteiger charge is -2.25. The van der Waals surface area contributed by atoms with Crippen LogP contribution in [0.25, 0.3) is 10.9 Å². The van der Waals surface area contributed by atoms with Gasteiger partial charge in [0.15, 0.2) is 0 Å². The molecule has 0 aliphatic carbocycles. The van der Waals surface area contributed by atoms with E-state index in [1.807, 2.05) is 36.5 Å². The van der Waals surface area contributed by atoms with Crippen LogP contribution in [-0.2, 0) is 0 Å². The van der Waals surface area contributed by atoms with E-state index in [-0.39, 0.29) is 0 Å². The SMILES string of the molecule is c1ccc(N(c2ccccc2)c2cnc3ccccc3c2)cc1. The monoisotopic (exact) mass is 296 g/mol. The number of para-hydroxylation sites is 3. The molecule has 0 aliphatic rings. The van der Waals surface area contributed by atoms with Crippen LogP contribution in [0.4, 0.5) is 17.1 Å². The largest absolute Gasteiger partial charge is 0.309 e. The molecule has 4 aromatic rings. The first kappa shape index (κ1) is 13.5. The van der Waals surface area contributed by atoms with Gasteiger partial charge < -0.3 is 4.90 Å². The van der Waals surface area contributed by atoms with Gasteiger partial charge in [0.1, 0.15) is 0 Å². The van der Waals surface area contributed by atoms with Gasteiger partial charge in [-0.2, -0.15) is 0 Å². The Kier molecular flexibility index (Phi) is 3.49. The summed E-state index contributed by atoms with van der Waals surface area (Å²) in [5, 5.41) is 1.14.